The van der Waals surface area contributed by atoms with Crippen LogP contribution in [-0.2, 0) is 32.1 Å². The van der Waals surface area contributed by atoms with Gasteiger partial charge in [-0.15, -0.1) is 0 Å². The highest BCUT2D eigenvalue weighted by Gasteiger charge is 2.24. The summed E-state index contributed by atoms with van der Waals surface area (Å²) >= 11 is 0. The number of hydrogen-bond acceptors (Lipinski definition) is 6. The maximum atomic E-state index is 13.0. The summed E-state index contributed by atoms with van der Waals surface area (Å²) in [6.07, 6.45) is -1.44. The maximum Gasteiger partial charge on any atom is 0.274 e. The van der Waals surface area contributed by atoms with E-state index in [2.05, 4.69) is 21.6 Å². The van der Waals surface area contributed by atoms with E-state index in [0.29, 0.717) is 13.1 Å². The fourth-order valence-electron chi connectivity index (χ4n) is 4.04. The maximum absolute atomic E-state index is 13.0. The molecule has 0 heterocycles. The van der Waals surface area contributed by atoms with Crippen molar-refractivity contribution in [3.63, 3.8) is 0 Å². The smallest absolute Gasteiger partial charge is 0.274 e. The largest absolute Gasteiger partial charge is 0.353 e. The minimum absolute atomic E-state index is 0.134. The van der Waals surface area contributed by atoms with Gasteiger partial charge in [-0.25, -0.2) is 11.0 Å². The number of benzene rings is 3. The van der Waals surface area contributed by atoms with Crippen LogP contribution in [0.3, 0.4) is 0 Å². The first-order valence-electron chi connectivity index (χ1n) is 14.8. The van der Waals surface area contributed by atoms with Crippen molar-refractivity contribution >= 4 is 23.6 Å². The van der Waals surface area contributed by atoms with E-state index >= 15 is 0 Å². The Bertz CT molecular complexity index is 1260. The van der Waals surface area contributed by atoms with Gasteiger partial charge in [0.1, 0.15) is 0 Å². The van der Waals surface area contributed by atoms with E-state index in [-0.39, 0.29) is 47.6 Å². The van der Waals surface area contributed by atoms with Gasteiger partial charge in [-0.3, -0.25) is 28.9 Å². The molecule has 44 heavy (non-hydrogen) atoms. The van der Waals surface area contributed by atoms with E-state index < -0.39 is 24.0 Å². The lowest BCUT2D eigenvalue weighted by molar-refractivity contribution is -0.137. The number of rotatable bonds is 16. The molecule has 3 aromatic carbocycles. The highest BCUT2D eigenvalue weighted by molar-refractivity contribution is 5.99. The van der Waals surface area contributed by atoms with E-state index in [0.717, 1.165) is 11.1 Å². The van der Waals surface area contributed by atoms with E-state index in [1.807, 2.05) is 88.4 Å². The molecule has 0 aliphatic carbocycles. The molecule has 234 valence electrons. The van der Waals surface area contributed by atoms with Gasteiger partial charge in [-0.2, -0.15) is 0 Å². The summed E-state index contributed by atoms with van der Waals surface area (Å²) in [4.78, 5) is 62.7. The zero-order valence-electron chi connectivity index (χ0n) is 25.7. The summed E-state index contributed by atoms with van der Waals surface area (Å²) in [5.74, 6) is -1.49. The van der Waals surface area contributed by atoms with E-state index in [4.69, 9.17) is 9.68 Å². The molecule has 0 aliphatic heterocycles. The summed E-state index contributed by atoms with van der Waals surface area (Å²) in [6.45, 7) is 8.85. The van der Waals surface area contributed by atoms with Gasteiger partial charge in [-0.05, 0) is 41.2 Å². The average Bonchev–Trinajstić information content (AvgIpc) is 3.03. The van der Waals surface area contributed by atoms with Crippen LogP contribution in [0.25, 0.3) is 0 Å². The van der Waals surface area contributed by atoms with Crippen LogP contribution in [0.4, 0.5) is 0 Å². The molecule has 1 unspecified atom stereocenters. The van der Waals surface area contributed by atoms with Crippen molar-refractivity contribution in [3.8, 4) is 0 Å². The third-order valence-corrected chi connectivity index (χ3v) is 6.46. The Morgan fingerprint density at radius 3 is 1.32 bits per heavy atom. The molecule has 10 nitrogen and oxygen atoms in total. The Kier molecular flexibility index (Phi) is 13.5. The van der Waals surface area contributed by atoms with Gasteiger partial charge >= 0.3 is 0 Å². The van der Waals surface area contributed by atoms with Crippen molar-refractivity contribution in [2.75, 3.05) is 13.1 Å². The van der Waals surface area contributed by atoms with Gasteiger partial charge in [-0.1, -0.05) is 94.4 Å². The van der Waals surface area contributed by atoms with E-state index in [1.54, 1.807) is 0 Å². The lowest BCUT2D eigenvalue weighted by Crippen LogP contribution is -2.43. The number of carbonyl (C=O) groups is 4. The minimum Gasteiger partial charge on any atom is -0.353 e. The highest BCUT2D eigenvalue weighted by Crippen LogP contribution is 2.10. The Balaban J connectivity index is 1.64. The summed E-state index contributed by atoms with van der Waals surface area (Å²) in [6, 6.07) is 24.6. The monoisotopic (exact) mass is 602 g/mol. The van der Waals surface area contributed by atoms with Crippen LogP contribution in [0, 0.1) is 11.8 Å². The third kappa shape index (κ3) is 11.6. The Morgan fingerprint density at radius 1 is 0.568 bits per heavy atom. The first-order valence-corrected chi connectivity index (χ1v) is 14.8. The molecule has 3 aromatic rings. The highest BCUT2D eigenvalue weighted by atomic mass is 16.7. The van der Waals surface area contributed by atoms with Gasteiger partial charge in [0, 0.05) is 37.1 Å². The molecule has 2 atom stereocenters. The Morgan fingerprint density at radius 2 is 0.955 bits per heavy atom. The molecule has 0 saturated carbocycles. The number of amides is 4. The van der Waals surface area contributed by atoms with Crippen LogP contribution in [0.2, 0.25) is 0 Å². The van der Waals surface area contributed by atoms with Crippen molar-refractivity contribution < 1.29 is 28.9 Å². The van der Waals surface area contributed by atoms with Crippen molar-refractivity contribution in [3.05, 3.63) is 107 Å². The molecule has 0 fully saturated rings. The van der Waals surface area contributed by atoms with Crippen LogP contribution >= 0.6 is 0 Å². The molecule has 0 saturated heterocycles. The average molecular weight is 603 g/mol. The first-order chi connectivity index (χ1) is 21.1. The second kappa shape index (κ2) is 17.5. The predicted molar refractivity (Wildman–Crippen MR) is 167 cm³/mol. The summed E-state index contributed by atoms with van der Waals surface area (Å²) in [5.41, 5.74) is 6.71. The SMILES string of the molecule is CC(C)CNC(=O)C(Cc1ccccc1)ONC(=O)c1cccc(C(=O)NO[C@H](Cc2ccccc2)C(=O)NCC(C)C)c1. The first kappa shape index (κ1) is 34.0. The predicted octanol–water partition coefficient (Wildman–Crippen LogP) is 3.78. The third-order valence-electron chi connectivity index (χ3n) is 6.46. The molecule has 0 aromatic heterocycles. The molecule has 10 heteroatoms. The summed E-state index contributed by atoms with van der Waals surface area (Å²) in [7, 11) is 0. The molecule has 4 N–H and O–H groups in total. The lowest BCUT2D eigenvalue weighted by Gasteiger charge is -2.19. The van der Waals surface area contributed by atoms with Crippen LogP contribution in [0.1, 0.15) is 59.5 Å². The van der Waals surface area contributed by atoms with E-state index in [1.165, 1.54) is 24.3 Å². The number of hydroxylamine groups is 2. The lowest BCUT2D eigenvalue weighted by atomic mass is 10.1. The van der Waals surface area contributed by atoms with Crippen molar-refractivity contribution in [1.29, 1.82) is 0 Å². The molecule has 3 rings (SSSR count). The standard InChI is InChI=1S/C34H42N4O6/c1-23(2)21-35-33(41)29(18-25-12-7-5-8-13-25)43-37-31(39)27-16-11-17-28(20-27)32(40)38-44-30(34(42)36-22-24(3)4)19-26-14-9-6-10-15-26/h5-17,20,23-24,29-30H,18-19,21-22H2,1-4H3,(H,35,41)(H,36,42)(H,37,39)(H,38,40)/t29-,30?/m1/s1. The second-order valence-electron chi connectivity index (χ2n) is 11.3. The van der Waals surface area contributed by atoms with Crippen LogP contribution in [0.15, 0.2) is 84.9 Å². The van der Waals surface area contributed by atoms with Crippen LogP contribution in [0.5, 0.6) is 0 Å². The quantitative estimate of drug-likeness (QED) is 0.184. The van der Waals surface area contributed by atoms with Gasteiger partial charge < -0.3 is 10.6 Å². The molecule has 0 spiro atoms. The second-order valence-corrected chi connectivity index (χ2v) is 11.3. The van der Waals surface area contributed by atoms with Crippen LogP contribution in [-0.4, -0.2) is 48.9 Å². The fourth-order valence-corrected chi connectivity index (χ4v) is 4.04. The van der Waals surface area contributed by atoms with E-state index in [9.17, 15) is 19.2 Å². The van der Waals surface area contributed by atoms with Crippen molar-refractivity contribution in [1.82, 2.24) is 21.6 Å². The zero-order chi connectivity index (χ0) is 31.9. The molecule has 0 bridgehead atoms. The Hall–Kier alpha value is -4.54. The van der Waals surface area contributed by atoms with Gasteiger partial charge in [0.2, 0.25) is 0 Å². The Labute approximate surface area is 258 Å². The van der Waals surface area contributed by atoms with Crippen molar-refractivity contribution in [2.24, 2.45) is 11.8 Å². The normalized spacial score (nSPS) is 12.3. The number of carbonyl (C=O) groups excluding carboxylic acids is 4. The molecular weight excluding hydrogens is 560 g/mol. The molecule has 4 amide bonds. The van der Waals surface area contributed by atoms with Crippen LogP contribution < -0.4 is 21.6 Å². The summed E-state index contributed by atoms with van der Waals surface area (Å²) in [5, 5.41) is 5.68. The summed E-state index contributed by atoms with van der Waals surface area (Å²) < 4.78 is 0. The molecular formula is C34H42N4O6. The fraction of sp³-hybridized carbons (Fsp3) is 0.353. The zero-order valence-corrected chi connectivity index (χ0v) is 25.7. The van der Waals surface area contributed by atoms with Gasteiger partial charge in [0.25, 0.3) is 23.6 Å². The minimum atomic E-state index is -0.969. The molecule has 0 aliphatic rings. The number of hydrogen-bond donors (Lipinski definition) is 4. The topological polar surface area (TPSA) is 135 Å². The molecule has 0 radical (unpaired) electrons. The number of nitrogens with one attached hydrogen (secondary N) is 4. The van der Waals surface area contributed by atoms with Crippen molar-refractivity contribution in [2.45, 2.75) is 52.7 Å². The van der Waals surface area contributed by atoms with Gasteiger partial charge in [0.05, 0.1) is 0 Å². The van der Waals surface area contributed by atoms with Gasteiger partial charge in [0.15, 0.2) is 12.2 Å².